The number of esters is 1. The van der Waals surface area contributed by atoms with E-state index in [0.717, 1.165) is 61.6 Å². The first-order valence-electron chi connectivity index (χ1n) is 19.4. The number of aryl methyl sites for hydroxylation is 1. The summed E-state index contributed by atoms with van der Waals surface area (Å²) >= 11 is 0. The SMILES string of the molecule is COc1ccc(CC[C@H]2OC(=O)[C@@H]3CCCCN3C(=O)[C@@H](C3CCCCC3)c3cc(OC)c(c(OC)c3)OCC/C=C/COc3cccc2c3)cc1OC. The number of carbonyl (C=O) groups is 2. The van der Waals surface area contributed by atoms with Crippen molar-refractivity contribution in [2.24, 2.45) is 5.92 Å². The molecule has 1 aliphatic carbocycles. The van der Waals surface area contributed by atoms with Gasteiger partial charge in [-0.25, -0.2) is 4.79 Å². The van der Waals surface area contributed by atoms with Crippen LogP contribution in [0.25, 0.3) is 0 Å². The number of fused-ring (bicyclic) bond motifs is 10. The lowest BCUT2D eigenvalue weighted by molar-refractivity contribution is -0.163. The molecule has 0 radical (unpaired) electrons. The number of carbonyl (C=O) groups excluding carboxylic acids is 2. The number of rotatable bonds is 8. The molecule has 3 aliphatic heterocycles. The third-order valence-corrected chi connectivity index (χ3v) is 11.0. The fourth-order valence-electron chi connectivity index (χ4n) is 8.14. The second-order valence-corrected chi connectivity index (χ2v) is 14.3. The van der Waals surface area contributed by atoms with Crippen molar-refractivity contribution in [1.29, 1.82) is 0 Å². The van der Waals surface area contributed by atoms with E-state index < -0.39 is 18.1 Å². The Bertz CT molecular complexity index is 1720. The number of ether oxygens (including phenoxy) is 7. The summed E-state index contributed by atoms with van der Waals surface area (Å²) in [4.78, 5) is 31.3. The van der Waals surface area contributed by atoms with Crippen LogP contribution in [-0.2, 0) is 20.7 Å². The predicted octanol–water partition coefficient (Wildman–Crippen LogP) is 8.40. The van der Waals surface area contributed by atoms with Gasteiger partial charge < -0.3 is 38.1 Å². The summed E-state index contributed by atoms with van der Waals surface area (Å²) < 4.78 is 41.5. The normalized spacial score (nSPS) is 22.1. The Morgan fingerprint density at radius 1 is 0.722 bits per heavy atom. The van der Waals surface area contributed by atoms with E-state index in [0.29, 0.717) is 79.9 Å². The molecule has 1 saturated heterocycles. The summed E-state index contributed by atoms with van der Waals surface area (Å²) in [7, 11) is 6.44. The minimum Gasteiger partial charge on any atom is -0.493 e. The van der Waals surface area contributed by atoms with Gasteiger partial charge in [0.25, 0.3) is 0 Å². The zero-order chi connectivity index (χ0) is 37.9. The molecule has 2 fully saturated rings. The van der Waals surface area contributed by atoms with Crippen LogP contribution in [0.1, 0.15) is 92.9 Å². The molecule has 0 N–H and O–H groups in total. The molecule has 4 aliphatic rings. The number of benzene rings is 3. The van der Waals surface area contributed by atoms with Gasteiger partial charge in [-0.2, -0.15) is 0 Å². The topological polar surface area (TPSA) is 102 Å². The molecular formula is C44H55NO9. The second kappa shape index (κ2) is 18.9. The molecule has 3 aromatic rings. The van der Waals surface area contributed by atoms with Gasteiger partial charge in [0.15, 0.2) is 23.0 Å². The highest BCUT2D eigenvalue weighted by molar-refractivity contribution is 5.89. The van der Waals surface area contributed by atoms with Crippen molar-refractivity contribution in [1.82, 2.24) is 4.90 Å². The molecular weight excluding hydrogens is 686 g/mol. The van der Waals surface area contributed by atoms with Gasteiger partial charge in [-0.15, -0.1) is 0 Å². The monoisotopic (exact) mass is 741 g/mol. The van der Waals surface area contributed by atoms with Crippen LogP contribution in [0.4, 0.5) is 0 Å². The molecule has 54 heavy (non-hydrogen) atoms. The van der Waals surface area contributed by atoms with E-state index in [1.807, 2.05) is 66.7 Å². The molecule has 1 amide bonds. The highest BCUT2D eigenvalue weighted by Crippen LogP contribution is 2.45. The summed E-state index contributed by atoms with van der Waals surface area (Å²) in [5, 5.41) is 0. The van der Waals surface area contributed by atoms with Crippen molar-refractivity contribution < 1.29 is 42.7 Å². The number of hydrogen-bond acceptors (Lipinski definition) is 9. The van der Waals surface area contributed by atoms with Crippen LogP contribution in [0, 0.1) is 5.92 Å². The van der Waals surface area contributed by atoms with Crippen molar-refractivity contribution >= 4 is 11.9 Å². The first kappa shape index (κ1) is 38.9. The molecule has 0 spiro atoms. The molecule has 1 saturated carbocycles. The van der Waals surface area contributed by atoms with Crippen molar-refractivity contribution in [3.63, 3.8) is 0 Å². The highest BCUT2D eigenvalue weighted by atomic mass is 16.5. The first-order valence-corrected chi connectivity index (χ1v) is 19.4. The highest BCUT2D eigenvalue weighted by Gasteiger charge is 2.41. The molecule has 3 aromatic carbocycles. The number of hydrogen-bond donors (Lipinski definition) is 0. The van der Waals surface area contributed by atoms with Gasteiger partial charge in [-0.1, -0.05) is 49.6 Å². The second-order valence-electron chi connectivity index (χ2n) is 14.3. The number of methoxy groups -OCH3 is 4. The van der Waals surface area contributed by atoms with Crippen LogP contribution in [0.5, 0.6) is 34.5 Å². The van der Waals surface area contributed by atoms with Crippen molar-refractivity contribution in [3.8, 4) is 34.5 Å². The van der Waals surface area contributed by atoms with E-state index in [4.69, 9.17) is 33.2 Å². The minimum atomic E-state index is -0.703. The Balaban J connectivity index is 1.37. The van der Waals surface area contributed by atoms with Crippen LogP contribution in [0.2, 0.25) is 0 Å². The fraction of sp³-hybridized carbons (Fsp3) is 0.500. The molecule has 4 bridgehead atoms. The van der Waals surface area contributed by atoms with Gasteiger partial charge in [0.2, 0.25) is 11.7 Å². The van der Waals surface area contributed by atoms with Crippen LogP contribution >= 0.6 is 0 Å². The summed E-state index contributed by atoms with van der Waals surface area (Å²) in [6, 6.07) is 16.7. The zero-order valence-electron chi connectivity index (χ0n) is 32.2. The van der Waals surface area contributed by atoms with Crippen molar-refractivity contribution in [2.75, 3.05) is 48.2 Å². The van der Waals surface area contributed by atoms with E-state index in [2.05, 4.69) is 0 Å². The number of amides is 1. The average molecular weight is 742 g/mol. The quantitative estimate of drug-likeness (QED) is 0.166. The molecule has 0 unspecified atom stereocenters. The molecule has 10 heteroatoms. The van der Waals surface area contributed by atoms with Crippen LogP contribution in [-0.4, -0.2) is 71.0 Å². The molecule has 7 rings (SSSR count). The lowest BCUT2D eigenvalue weighted by Gasteiger charge is -2.40. The standard InChI is InChI=1S/C44H55NO9/c1-48-37-22-20-30(26-38(37)49-2)19-21-36-32-16-13-17-34(27-32)52-24-11-6-12-25-53-42-39(50-3)28-33(29-40(42)51-4)41(31-14-7-5-8-15-31)43(46)45-23-10-9-18-35(45)44(47)54-36/h6,11,13,16-17,20,22,26-29,31,35-36,41H,5,7-10,12,14-15,18-19,21,23-25H2,1-4H3/b11-6+/t35-,36+,41-/m0/s1. The summed E-state index contributed by atoms with van der Waals surface area (Å²) in [5.74, 6) is 2.72. The molecule has 3 atom stereocenters. The molecule has 3 heterocycles. The maximum Gasteiger partial charge on any atom is 0.329 e. The van der Waals surface area contributed by atoms with E-state index in [-0.39, 0.29) is 17.8 Å². The van der Waals surface area contributed by atoms with Gasteiger partial charge in [-0.3, -0.25) is 4.79 Å². The van der Waals surface area contributed by atoms with Gasteiger partial charge in [-0.05, 0) is 110 Å². The third-order valence-electron chi connectivity index (χ3n) is 11.0. The summed E-state index contributed by atoms with van der Waals surface area (Å²) in [5.41, 5.74) is 2.67. The van der Waals surface area contributed by atoms with Gasteiger partial charge in [0.05, 0.1) is 41.0 Å². The maximum atomic E-state index is 15.0. The van der Waals surface area contributed by atoms with E-state index in [1.54, 1.807) is 33.3 Å². The molecule has 10 nitrogen and oxygen atoms in total. The lowest BCUT2D eigenvalue weighted by atomic mass is 9.75. The van der Waals surface area contributed by atoms with Crippen molar-refractivity contribution in [3.05, 3.63) is 83.4 Å². The number of piperidine rings is 1. The largest absolute Gasteiger partial charge is 0.493 e. The molecule has 0 aromatic heterocycles. The lowest BCUT2D eigenvalue weighted by Crippen LogP contribution is -2.51. The molecule has 290 valence electrons. The van der Waals surface area contributed by atoms with E-state index >= 15 is 4.79 Å². The average Bonchev–Trinajstić information content (AvgIpc) is 3.22. The van der Waals surface area contributed by atoms with Crippen LogP contribution in [0.3, 0.4) is 0 Å². The Hall–Kier alpha value is -4.86. The van der Waals surface area contributed by atoms with E-state index in [9.17, 15) is 4.79 Å². The zero-order valence-corrected chi connectivity index (χ0v) is 32.2. The predicted molar refractivity (Wildman–Crippen MR) is 206 cm³/mol. The van der Waals surface area contributed by atoms with Gasteiger partial charge in [0, 0.05) is 6.54 Å². The minimum absolute atomic E-state index is 0.0466. The number of nitrogens with zero attached hydrogens (tertiary/aromatic N) is 1. The summed E-state index contributed by atoms with van der Waals surface area (Å²) in [6.45, 7) is 1.26. The van der Waals surface area contributed by atoms with Crippen molar-refractivity contribution in [2.45, 2.75) is 88.7 Å². The fourth-order valence-corrected chi connectivity index (χ4v) is 8.14. The Kier molecular flexibility index (Phi) is 13.6. The Morgan fingerprint density at radius 2 is 1.46 bits per heavy atom. The van der Waals surface area contributed by atoms with Gasteiger partial charge >= 0.3 is 5.97 Å². The van der Waals surface area contributed by atoms with E-state index in [1.165, 1.54) is 0 Å². The Labute approximate surface area is 319 Å². The van der Waals surface area contributed by atoms with Crippen LogP contribution < -0.4 is 28.4 Å². The first-order chi connectivity index (χ1) is 26.4. The smallest absolute Gasteiger partial charge is 0.329 e. The van der Waals surface area contributed by atoms with Crippen LogP contribution in [0.15, 0.2) is 66.7 Å². The summed E-state index contributed by atoms with van der Waals surface area (Å²) in [6.07, 6.45) is 12.5. The maximum absolute atomic E-state index is 15.0. The Morgan fingerprint density at radius 3 is 2.20 bits per heavy atom. The van der Waals surface area contributed by atoms with Gasteiger partial charge in [0.1, 0.15) is 24.5 Å². The third kappa shape index (κ3) is 9.25.